The van der Waals surface area contributed by atoms with E-state index in [2.05, 4.69) is 10.6 Å². The summed E-state index contributed by atoms with van der Waals surface area (Å²) in [4.78, 5) is 0. The van der Waals surface area contributed by atoms with Crippen molar-refractivity contribution in [3.05, 3.63) is 0 Å². The lowest BCUT2D eigenvalue weighted by atomic mass is 10.1. The Morgan fingerprint density at radius 3 is 2.82 bits per heavy atom. The highest BCUT2D eigenvalue weighted by molar-refractivity contribution is 5.89. The van der Waals surface area contributed by atoms with Gasteiger partial charge in [-0.05, 0) is 19.3 Å². The summed E-state index contributed by atoms with van der Waals surface area (Å²) in [6.45, 7) is 0. The first-order valence-corrected chi connectivity index (χ1v) is 3.99. The summed E-state index contributed by atoms with van der Waals surface area (Å²) in [7, 11) is 0. The molecule has 1 saturated carbocycles. The molecule has 4 nitrogen and oxygen atoms in total. The lowest BCUT2D eigenvalue weighted by Crippen LogP contribution is -2.33. The minimum Gasteiger partial charge on any atom is -0.411 e. The third kappa shape index (κ3) is 2.17. The average Bonchev–Trinajstić information content (AvgIpc) is 2.27. The summed E-state index contributed by atoms with van der Waals surface area (Å²) in [6, 6.07) is -0.137. The minimum atomic E-state index is -0.137. The Labute approximate surface area is 65.9 Å². The summed E-state index contributed by atoms with van der Waals surface area (Å²) in [5.74, 6) is 0. The van der Waals surface area contributed by atoms with E-state index in [9.17, 15) is 0 Å². The third-order valence-electron chi connectivity index (χ3n) is 2.11. The lowest BCUT2D eigenvalue weighted by Gasteiger charge is -2.11. The highest BCUT2D eigenvalue weighted by atomic mass is 16.5. The molecule has 0 aromatic heterocycles. The second-order valence-electron chi connectivity index (χ2n) is 2.87. The number of rotatable bonds is 1. The Hall–Kier alpha value is -0.610. The molecule has 0 unspecified atom stereocenters. The van der Waals surface area contributed by atoms with E-state index >= 15 is 0 Å². The maximum atomic E-state index is 8.68. The zero-order valence-corrected chi connectivity index (χ0v) is 6.45. The van der Waals surface area contributed by atoms with E-state index in [0.717, 1.165) is 32.1 Å². The van der Waals surface area contributed by atoms with Gasteiger partial charge in [0.1, 0.15) is 0 Å². The smallest absolute Gasteiger partial charge is 0.0763 e. The molecule has 1 fully saturated rings. The highest BCUT2D eigenvalue weighted by Gasteiger charge is 2.17. The molecule has 0 spiro atoms. The van der Waals surface area contributed by atoms with E-state index in [4.69, 9.17) is 10.4 Å². The van der Waals surface area contributed by atoms with Gasteiger partial charge in [-0.3, -0.25) is 0 Å². The van der Waals surface area contributed by atoms with Crippen molar-refractivity contribution >= 4 is 5.71 Å². The van der Waals surface area contributed by atoms with Crippen LogP contribution in [0, 0.1) is 0 Å². The van der Waals surface area contributed by atoms with Gasteiger partial charge in [-0.1, -0.05) is 18.0 Å². The molecule has 3 N–H and O–H groups in total. The fourth-order valence-corrected chi connectivity index (χ4v) is 1.43. The Bertz CT molecular complexity index is 147. The zero-order valence-electron chi connectivity index (χ0n) is 6.45. The first-order chi connectivity index (χ1) is 5.38. The normalized spacial score (nSPS) is 30.3. The maximum Gasteiger partial charge on any atom is 0.0763 e. The van der Waals surface area contributed by atoms with Gasteiger partial charge in [0, 0.05) is 0 Å². The fourth-order valence-electron chi connectivity index (χ4n) is 1.43. The van der Waals surface area contributed by atoms with Gasteiger partial charge in [0.25, 0.3) is 0 Å². The largest absolute Gasteiger partial charge is 0.411 e. The van der Waals surface area contributed by atoms with Crippen molar-refractivity contribution in [2.75, 3.05) is 0 Å². The van der Waals surface area contributed by atoms with Crippen LogP contribution in [0.1, 0.15) is 32.1 Å². The van der Waals surface area contributed by atoms with Crippen LogP contribution in [0.3, 0.4) is 0 Å². The summed E-state index contributed by atoms with van der Waals surface area (Å²) in [6.07, 6.45) is 4.93. The zero-order chi connectivity index (χ0) is 8.10. The van der Waals surface area contributed by atoms with Crippen LogP contribution in [0.4, 0.5) is 0 Å². The average molecular weight is 158 g/mol. The molecule has 0 amide bonds. The van der Waals surface area contributed by atoms with E-state index in [1.165, 1.54) is 0 Å². The van der Waals surface area contributed by atoms with Crippen LogP contribution in [-0.2, 0) is 0 Å². The van der Waals surface area contributed by atoms with Crippen molar-refractivity contribution in [1.29, 1.82) is 0 Å². The second-order valence-corrected chi connectivity index (χ2v) is 2.87. The molecule has 0 heterocycles. The van der Waals surface area contributed by atoms with Crippen molar-refractivity contribution < 1.29 is 10.4 Å². The molecule has 0 saturated heterocycles. The molecule has 1 rings (SSSR count). The van der Waals surface area contributed by atoms with Crippen molar-refractivity contribution in [3.63, 3.8) is 0 Å². The van der Waals surface area contributed by atoms with Crippen molar-refractivity contribution in [2.45, 2.75) is 38.1 Å². The van der Waals surface area contributed by atoms with Gasteiger partial charge >= 0.3 is 0 Å². The molecule has 1 aliphatic carbocycles. The number of hydrogen-bond acceptors (Lipinski definition) is 4. The number of oxime groups is 1. The van der Waals surface area contributed by atoms with E-state index in [1.807, 2.05) is 0 Å². The van der Waals surface area contributed by atoms with Crippen molar-refractivity contribution in [3.8, 4) is 0 Å². The lowest BCUT2D eigenvalue weighted by molar-refractivity contribution is 0.144. The molecule has 4 heteroatoms. The quantitative estimate of drug-likeness (QED) is 0.304. The molecule has 0 aliphatic heterocycles. The number of nitrogens with zero attached hydrogens (tertiary/aromatic N) is 1. The second kappa shape index (κ2) is 4.31. The van der Waals surface area contributed by atoms with Crippen LogP contribution in [0.15, 0.2) is 5.16 Å². The SMILES string of the molecule is ON=C1CCCCC[C@@H]1NO. The molecule has 0 aromatic rings. The van der Waals surface area contributed by atoms with Gasteiger partial charge in [0.15, 0.2) is 0 Å². The van der Waals surface area contributed by atoms with Gasteiger partial charge in [-0.25, -0.2) is 0 Å². The first-order valence-electron chi connectivity index (χ1n) is 3.99. The van der Waals surface area contributed by atoms with Crippen LogP contribution in [0.5, 0.6) is 0 Å². The Balaban J connectivity index is 2.55. The molecule has 1 aliphatic rings. The van der Waals surface area contributed by atoms with Gasteiger partial charge in [-0.15, -0.1) is 0 Å². The van der Waals surface area contributed by atoms with E-state index in [0.29, 0.717) is 5.71 Å². The Morgan fingerprint density at radius 1 is 1.36 bits per heavy atom. The van der Waals surface area contributed by atoms with Crippen molar-refractivity contribution in [2.24, 2.45) is 5.16 Å². The molecular formula is C7H14N2O2. The predicted molar refractivity (Wildman–Crippen MR) is 41.0 cm³/mol. The fraction of sp³-hybridized carbons (Fsp3) is 0.857. The number of nitrogens with one attached hydrogen (secondary N) is 1. The molecule has 0 bridgehead atoms. The molecule has 0 radical (unpaired) electrons. The monoisotopic (exact) mass is 158 g/mol. The van der Waals surface area contributed by atoms with Crippen LogP contribution >= 0.6 is 0 Å². The standard InChI is InChI=1S/C7H14N2O2/c10-8-6-4-2-1-3-5-7(6)9-11/h6,8,10-11H,1-5H2/t6-/m0/s1. The molecule has 11 heavy (non-hydrogen) atoms. The van der Waals surface area contributed by atoms with Crippen LogP contribution in [0.2, 0.25) is 0 Å². The molecule has 1 atom stereocenters. The van der Waals surface area contributed by atoms with E-state index < -0.39 is 0 Å². The predicted octanol–water partition coefficient (Wildman–Crippen LogP) is 1.13. The first kappa shape index (κ1) is 8.49. The third-order valence-corrected chi connectivity index (χ3v) is 2.11. The molecule has 0 aromatic carbocycles. The Morgan fingerprint density at radius 2 is 2.18 bits per heavy atom. The molecule has 64 valence electrons. The van der Waals surface area contributed by atoms with E-state index in [-0.39, 0.29) is 6.04 Å². The van der Waals surface area contributed by atoms with Gasteiger partial charge in [0.05, 0.1) is 11.8 Å². The number of hydroxylamine groups is 1. The van der Waals surface area contributed by atoms with Crippen LogP contribution < -0.4 is 5.48 Å². The summed E-state index contributed by atoms with van der Waals surface area (Å²) < 4.78 is 0. The minimum absolute atomic E-state index is 0.137. The van der Waals surface area contributed by atoms with Crippen LogP contribution in [0.25, 0.3) is 0 Å². The molecular weight excluding hydrogens is 144 g/mol. The summed E-state index contributed by atoms with van der Waals surface area (Å²) >= 11 is 0. The van der Waals surface area contributed by atoms with Gasteiger partial charge in [0.2, 0.25) is 0 Å². The highest BCUT2D eigenvalue weighted by Crippen LogP contribution is 2.15. The maximum absolute atomic E-state index is 8.68. The van der Waals surface area contributed by atoms with Gasteiger partial charge < -0.3 is 10.4 Å². The van der Waals surface area contributed by atoms with Crippen molar-refractivity contribution in [1.82, 2.24) is 5.48 Å². The van der Waals surface area contributed by atoms with Crippen LogP contribution in [-0.4, -0.2) is 22.2 Å². The Kier molecular flexibility index (Phi) is 3.32. The number of hydrogen-bond donors (Lipinski definition) is 3. The van der Waals surface area contributed by atoms with Gasteiger partial charge in [-0.2, -0.15) is 5.48 Å². The topological polar surface area (TPSA) is 64.9 Å². The summed E-state index contributed by atoms with van der Waals surface area (Å²) in [5, 5.41) is 20.4. The summed E-state index contributed by atoms with van der Waals surface area (Å²) in [5.41, 5.74) is 2.83. The van der Waals surface area contributed by atoms with E-state index in [1.54, 1.807) is 0 Å².